The van der Waals surface area contributed by atoms with Gasteiger partial charge in [0.2, 0.25) is 5.91 Å². The number of halogens is 1. The second-order valence-electron chi connectivity index (χ2n) is 5.57. The maximum Gasteiger partial charge on any atom is 0.227 e. The molecule has 1 heterocycles. The lowest BCUT2D eigenvalue weighted by molar-refractivity contribution is -0.131. The first-order valence-corrected chi connectivity index (χ1v) is 7.62. The molecule has 1 N–H and O–H groups in total. The van der Waals surface area contributed by atoms with Gasteiger partial charge in [-0.2, -0.15) is 0 Å². The molecule has 0 aromatic heterocycles. The van der Waals surface area contributed by atoms with Crippen LogP contribution in [0.4, 0.5) is 4.39 Å². The molecule has 0 bridgehead atoms. The van der Waals surface area contributed by atoms with Crippen LogP contribution in [-0.2, 0) is 17.8 Å². The number of ether oxygens (including phenoxy) is 2. The van der Waals surface area contributed by atoms with Crippen LogP contribution >= 0.6 is 0 Å². The molecule has 2 aromatic carbocycles. The molecule has 0 radical (unpaired) electrons. The number of nitrogens with zero attached hydrogens (tertiary/aromatic N) is 1. The zero-order valence-electron chi connectivity index (χ0n) is 13.3. The third-order valence-corrected chi connectivity index (χ3v) is 3.97. The zero-order valence-corrected chi connectivity index (χ0v) is 13.3. The number of hydrogen-bond acceptors (Lipinski definition) is 4. The molecule has 0 saturated carbocycles. The van der Waals surface area contributed by atoms with Crippen molar-refractivity contribution in [2.45, 2.75) is 13.0 Å². The highest BCUT2D eigenvalue weighted by Gasteiger charge is 2.22. The second-order valence-corrected chi connectivity index (χ2v) is 5.57. The average molecular weight is 331 g/mol. The highest BCUT2D eigenvalue weighted by Crippen LogP contribution is 2.28. The zero-order chi connectivity index (χ0) is 17.1. The summed E-state index contributed by atoms with van der Waals surface area (Å²) < 4.78 is 24.3. The van der Waals surface area contributed by atoms with Gasteiger partial charge in [0, 0.05) is 12.1 Å². The number of aromatic hydroxyl groups is 1. The Bertz CT molecular complexity index is 763. The van der Waals surface area contributed by atoms with Crippen LogP contribution in [0, 0.1) is 5.82 Å². The van der Waals surface area contributed by atoms with Gasteiger partial charge in [0.1, 0.15) is 6.61 Å². The van der Waals surface area contributed by atoms with E-state index in [0.717, 1.165) is 5.56 Å². The first kappa shape index (κ1) is 16.1. The van der Waals surface area contributed by atoms with Crippen LogP contribution in [0.3, 0.4) is 0 Å². The van der Waals surface area contributed by atoms with Crippen LogP contribution in [0.5, 0.6) is 17.2 Å². The van der Waals surface area contributed by atoms with E-state index in [9.17, 15) is 14.3 Å². The number of para-hydroxylation sites is 1. The molecular weight excluding hydrogens is 313 g/mol. The van der Waals surface area contributed by atoms with E-state index in [1.807, 2.05) is 0 Å². The summed E-state index contributed by atoms with van der Waals surface area (Å²) in [5.41, 5.74) is 1.39. The molecule has 2 aromatic rings. The summed E-state index contributed by atoms with van der Waals surface area (Å²) in [6.07, 6.45) is 0.168. The Labute approximate surface area is 139 Å². The van der Waals surface area contributed by atoms with Crippen LogP contribution < -0.4 is 9.47 Å². The fraction of sp³-hybridized carbons (Fsp3) is 0.278. The number of methoxy groups -OCH3 is 1. The molecule has 0 fully saturated rings. The second kappa shape index (κ2) is 6.78. The maximum atomic E-state index is 13.8. The first-order chi connectivity index (χ1) is 11.6. The van der Waals surface area contributed by atoms with Crippen molar-refractivity contribution < 1.29 is 23.8 Å². The van der Waals surface area contributed by atoms with E-state index in [0.29, 0.717) is 24.4 Å². The number of phenolic OH excluding ortho intramolecular Hbond substituents is 1. The molecular formula is C18H18FNO4. The molecule has 0 unspecified atom stereocenters. The fourth-order valence-electron chi connectivity index (χ4n) is 2.71. The standard InChI is InChI=1S/C18H18FNO4/c1-23-16-9-12(5-6-15(16)21)10-17(22)20-7-8-24-18-13(11-20)3-2-4-14(18)19/h2-6,9,21H,7-8,10-11H2,1H3. The lowest BCUT2D eigenvalue weighted by Gasteiger charge is -2.20. The van der Waals surface area contributed by atoms with Crippen molar-refractivity contribution in [2.75, 3.05) is 20.3 Å². The van der Waals surface area contributed by atoms with Gasteiger partial charge in [0.05, 0.1) is 20.1 Å². The SMILES string of the molecule is COc1cc(CC(=O)N2CCOc3c(F)cccc3C2)ccc1O. The van der Waals surface area contributed by atoms with E-state index in [1.165, 1.54) is 19.2 Å². The highest BCUT2D eigenvalue weighted by molar-refractivity contribution is 5.79. The lowest BCUT2D eigenvalue weighted by Crippen LogP contribution is -2.33. The molecule has 24 heavy (non-hydrogen) atoms. The highest BCUT2D eigenvalue weighted by atomic mass is 19.1. The van der Waals surface area contributed by atoms with Gasteiger partial charge in [0.15, 0.2) is 23.1 Å². The van der Waals surface area contributed by atoms with Gasteiger partial charge in [0.25, 0.3) is 0 Å². The summed E-state index contributed by atoms with van der Waals surface area (Å²) in [7, 11) is 1.46. The molecule has 0 aliphatic carbocycles. The largest absolute Gasteiger partial charge is 0.504 e. The van der Waals surface area contributed by atoms with Crippen LogP contribution in [0.25, 0.3) is 0 Å². The van der Waals surface area contributed by atoms with Gasteiger partial charge in [-0.1, -0.05) is 18.2 Å². The maximum absolute atomic E-state index is 13.8. The predicted octanol–water partition coefficient (Wildman–Crippen LogP) is 2.50. The third-order valence-electron chi connectivity index (χ3n) is 3.97. The Kier molecular flexibility index (Phi) is 4.55. The molecule has 1 aliphatic heterocycles. The van der Waals surface area contributed by atoms with Crippen molar-refractivity contribution >= 4 is 5.91 Å². The van der Waals surface area contributed by atoms with Crippen molar-refractivity contribution in [1.29, 1.82) is 0 Å². The quantitative estimate of drug-likeness (QED) is 0.939. The van der Waals surface area contributed by atoms with Gasteiger partial charge in [-0.15, -0.1) is 0 Å². The summed E-state index contributed by atoms with van der Waals surface area (Å²) in [6.45, 7) is 0.946. The fourth-order valence-corrected chi connectivity index (χ4v) is 2.71. The van der Waals surface area contributed by atoms with Gasteiger partial charge >= 0.3 is 0 Å². The summed E-state index contributed by atoms with van der Waals surface area (Å²) in [5, 5.41) is 9.62. The van der Waals surface area contributed by atoms with Crippen molar-refractivity contribution in [3.63, 3.8) is 0 Å². The number of benzene rings is 2. The Balaban J connectivity index is 1.75. The van der Waals surface area contributed by atoms with E-state index >= 15 is 0 Å². The van der Waals surface area contributed by atoms with Gasteiger partial charge in [-0.05, 0) is 23.8 Å². The topological polar surface area (TPSA) is 59.0 Å². The Morgan fingerprint density at radius 1 is 1.38 bits per heavy atom. The Morgan fingerprint density at radius 3 is 3.00 bits per heavy atom. The lowest BCUT2D eigenvalue weighted by atomic mass is 10.1. The number of carbonyl (C=O) groups excluding carboxylic acids is 1. The van der Waals surface area contributed by atoms with Crippen LogP contribution in [0.2, 0.25) is 0 Å². The molecule has 6 heteroatoms. The van der Waals surface area contributed by atoms with Crippen molar-refractivity contribution in [3.05, 3.63) is 53.3 Å². The minimum absolute atomic E-state index is 0.0290. The smallest absolute Gasteiger partial charge is 0.227 e. The number of hydrogen-bond donors (Lipinski definition) is 1. The van der Waals surface area contributed by atoms with Gasteiger partial charge in [-0.3, -0.25) is 4.79 Å². The van der Waals surface area contributed by atoms with E-state index in [1.54, 1.807) is 29.2 Å². The molecule has 0 saturated heterocycles. The molecule has 3 rings (SSSR count). The molecule has 126 valence electrons. The van der Waals surface area contributed by atoms with Crippen LogP contribution in [0.15, 0.2) is 36.4 Å². The number of phenols is 1. The molecule has 0 spiro atoms. The van der Waals surface area contributed by atoms with E-state index in [-0.39, 0.29) is 30.4 Å². The first-order valence-electron chi connectivity index (χ1n) is 7.62. The summed E-state index contributed by atoms with van der Waals surface area (Å²) in [4.78, 5) is 14.2. The summed E-state index contributed by atoms with van der Waals surface area (Å²) in [6, 6.07) is 9.52. The number of carbonyl (C=O) groups is 1. The Morgan fingerprint density at radius 2 is 2.21 bits per heavy atom. The minimum atomic E-state index is -0.412. The van der Waals surface area contributed by atoms with Crippen molar-refractivity contribution in [2.24, 2.45) is 0 Å². The number of fused-ring (bicyclic) bond motifs is 1. The molecule has 1 amide bonds. The van der Waals surface area contributed by atoms with E-state index in [4.69, 9.17) is 9.47 Å². The average Bonchev–Trinajstić information content (AvgIpc) is 2.80. The van der Waals surface area contributed by atoms with Crippen LogP contribution in [-0.4, -0.2) is 36.2 Å². The minimum Gasteiger partial charge on any atom is -0.504 e. The van der Waals surface area contributed by atoms with Crippen LogP contribution in [0.1, 0.15) is 11.1 Å². The molecule has 1 aliphatic rings. The summed E-state index contributed by atoms with van der Waals surface area (Å²) in [5.74, 6) is 0.0702. The van der Waals surface area contributed by atoms with E-state index in [2.05, 4.69) is 0 Å². The monoisotopic (exact) mass is 331 g/mol. The number of rotatable bonds is 3. The van der Waals surface area contributed by atoms with Gasteiger partial charge < -0.3 is 19.5 Å². The third kappa shape index (κ3) is 3.27. The summed E-state index contributed by atoms with van der Waals surface area (Å²) >= 11 is 0. The predicted molar refractivity (Wildman–Crippen MR) is 85.7 cm³/mol. The van der Waals surface area contributed by atoms with E-state index < -0.39 is 5.82 Å². The van der Waals surface area contributed by atoms with Crippen molar-refractivity contribution in [3.8, 4) is 17.2 Å². The Hall–Kier alpha value is -2.76. The molecule has 0 atom stereocenters. The van der Waals surface area contributed by atoms with Crippen molar-refractivity contribution in [1.82, 2.24) is 4.90 Å². The normalized spacial score (nSPS) is 13.7. The number of amides is 1. The molecule has 5 nitrogen and oxygen atoms in total. The van der Waals surface area contributed by atoms with Gasteiger partial charge in [-0.25, -0.2) is 4.39 Å².